The van der Waals surface area contributed by atoms with Crippen LogP contribution in [0, 0.1) is 0 Å². The van der Waals surface area contributed by atoms with Gasteiger partial charge in [-0.2, -0.15) is 0 Å². The molecule has 2 nitrogen and oxygen atoms in total. The molecule has 2 fully saturated rings. The molecule has 0 radical (unpaired) electrons. The van der Waals surface area contributed by atoms with Crippen molar-refractivity contribution in [3.8, 4) is 0 Å². The molecule has 0 aromatic heterocycles. The molecule has 20 heavy (non-hydrogen) atoms. The van der Waals surface area contributed by atoms with Crippen molar-refractivity contribution in [3.05, 3.63) is 35.4 Å². The molecule has 1 aromatic rings. The van der Waals surface area contributed by atoms with Gasteiger partial charge in [-0.15, -0.1) is 0 Å². The lowest BCUT2D eigenvalue weighted by Gasteiger charge is -2.37. The Morgan fingerprint density at radius 2 is 1.90 bits per heavy atom. The molecule has 0 spiro atoms. The predicted molar refractivity (Wildman–Crippen MR) is 84.8 cm³/mol. The summed E-state index contributed by atoms with van der Waals surface area (Å²) in [7, 11) is 2.28. The summed E-state index contributed by atoms with van der Waals surface area (Å²) in [5.41, 5.74) is 9.06. The number of benzene rings is 1. The van der Waals surface area contributed by atoms with Gasteiger partial charge in [0.2, 0.25) is 0 Å². The Morgan fingerprint density at radius 1 is 1.15 bits per heavy atom. The fraction of sp³-hybridized carbons (Fsp3) is 0.667. The number of nitrogens with zero attached hydrogens (tertiary/aromatic N) is 1. The van der Waals surface area contributed by atoms with Crippen molar-refractivity contribution in [1.82, 2.24) is 4.90 Å². The monoisotopic (exact) mass is 272 g/mol. The van der Waals surface area contributed by atoms with Crippen LogP contribution in [0.1, 0.15) is 68.0 Å². The summed E-state index contributed by atoms with van der Waals surface area (Å²) in [5.74, 6) is 0.827. The number of hydrogen-bond acceptors (Lipinski definition) is 2. The minimum Gasteiger partial charge on any atom is -0.329 e. The van der Waals surface area contributed by atoms with Gasteiger partial charge in [0.05, 0.1) is 0 Å². The summed E-state index contributed by atoms with van der Waals surface area (Å²) in [6, 6.07) is 10.3. The fourth-order valence-corrected chi connectivity index (χ4v) is 3.72. The van der Waals surface area contributed by atoms with E-state index in [0.29, 0.717) is 6.04 Å². The lowest BCUT2D eigenvalue weighted by molar-refractivity contribution is 0.140. The number of nitrogens with two attached hydrogens (primary N) is 1. The van der Waals surface area contributed by atoms with Gasteiger partial charge in [-0.3, -0.25) is 4.90 Å². The second kappa shape index (κ2) is 6.28. The van der Waals surface area contributed by atoms with Crippen LogP contribution in [-0.4, -0.2) is 24.5 Å². The molecule has 1 aromatic carbocycles. The second-order valence-corrected chi connectivity index (χ2v) is 6.65. The summed E-state index contributed by atoms with van der Waals surface area (Å²) < 4.78 is 0. The summed E-state index contributed by atoms with van der Waals surface area (Å²) in [4.78, 5) is 2.55. The van der Waals surface area contributed by atoms with Crippen LogP contribution in [0.15, 0.2) is 24.3 Å². The molecule has 1 atom stereocenters. The van der Waals surface area contributed by atoms with Crippen molar-refractivity contribution in [1.29, 1.82) is 0 Å². The molecular formula is C18H28N2. The van der Waals surface area contributed by atoms with Crippen molar-refractivity contribution in [3.63, 3.8) is 0 Å². The third kappa shape index (κ3) is 3.07. The zero-order chi connectivity index (χ0) is 13.9. The van der Waals surface area contributed by atoms with Gasteiger partial charge in [-0.25, -0.2) is 0 Å². The van der Waals surface area contributed by atoms with Crippen molar-refractivity contribution >= 4 is 0 Å². The van der Waals surface area contributed by atoms with Gasteiger partial charge in [0.25, 0.3) is 0 Å². The van der Waals surface area contributed by atoms with Crippen LogP contribution in [0.5, 0.6) is 0 Å². The molecule has 1 unspecified atom stereocenters. The maximum Gasteiger partial charge on any atom is 0.0470 e. The molecular weight excluding hydrogens is 244 g/mol. The molecule has 110 valence electrons. The molecule has 0 bridgehead atoms. The minimum atomic E-state index is 0.386. The first-order valence-electron chi connectivity index (χ1n) is 8.31. The predicted octanol–water partition coefficient (Wildman–Crippen LogP) is 3.83. The maximum atomic E-state index is 6.11. The van der Waals surface area contributed by atoms with Crippen LogP contribution in [0.2, 0.25) is 0 Å². The summed E-state index contributed by atoms with van der Waals surface area (Å²) in [6.45, 7) is 0.723. The number of rotatable bonds is 5. The van der Waals surface area contributed by atoms with Crippen molar-refractivity contribution in [2.24, 2.45) is 5.73 Å². The van der Waals surface area contributed by atoms with Gasteiger partial charge in [-0.1, -0.05) is 43.5 Å². The van der Waals surface area contributed by atoms with Gasteiger partial charge >= 0.3 is 0 Å². The van der Waals surface area contributed by atoms with Crippen LogP contribution in [0.25, 0.3) is 0 Å². The quantitative estimate of drug-likeness (QED) is 0.882. The Kier molecular flexibility index (Phi) is 4.42. The van der Waals surface area contributed by atoms with Gasteiger partial charge in [-0.05, 0) is 49.8 Å². The normalized spacial score (nSPS) is 22.1. The van der Waals surface area contributed by atoms with E-state index in [1.54, 1.807) is 0 Å². The van der Waals surface area contributed by atoms with Crippen molar-refractivity contribution < 1.29 is 0 Å². The smallest absolute Gasteiger partial charge is 0.0470 e. The highest BCUT2D eigenvalue weighted by Gasteiger charge is 2.27. The van der Waals surface area contributed by atoms with Crippen LogP contribution in [-0.2, 0) is 0 Å². The number of hydrogen-bond donors (Lipinski definition) is 1. The Labute approximate surface area is 123 Å². The molecule has 3 rings (SSSR count). The van der Waals surface area contributed by atoms with E-state index >= 15 is 0 Å². The van der Waals surface area contributed by atoms with Crippen molar-refractivity contribution in [2.75, 3.05) is 13.6 Å². The van der Waals surface area contributed by atoms with Gasteiger partial charge in [0.1, 0.15) is 0 Å². The van der Waals surface area contributed by atoms with E-state index in [-0.39, 0.29) is 0 Å². The van der Waals surface area contributed by atoms with E-state index in [4.69, 9.17) is 5.73 Å². The highest BCUT2D eigenvalue weighted by molar-refractivity contribution is 5.31. The molecule has 0 heterocycles. The molecule has 2 heteroatoms. The van der Waals surface area contributed by atoms with Gasteiger partial charge in [0, 0.05) is 18.6 Å². The number of likely N-dealkylation sites (N-methyl/N-ethyl adjacent to an activating group) is 1. The molecule has 0 amide bonds. The largest absolute Gasteiger partial charge is 0.329 e. The van der Waals surface area contributed by atoms with Gasteiger partial charge in [0.15, 0.2) is 0 Å². The molecule has 2 aliphatic carbocycles. The zero-order valence-corrected chi connectivity index (χ0v) is 12.7. The van der Waals surface area contributed by atoms with Crippen molar-refractivity contribution in [2.45, 2.75) is 62.9 Å². The highest BCUT2D eigenvalue weighted by atomic mass is 15.2. The second-order valence-electron chi connectivity index (χ2n) is 6.65. The summed E-state index contributed by atoms with van der Waals surface area (Å²) in [5, 5.41) is 0. The summed E-state index contributed by atoms with van der Waals surface area (Å²) in [6.07, 6.45) is 9.60. The minimum absolute atomic E-state index is 0.386. The Bertz CT molecular complexity index is 433. The van der Waals surface area contributed by atoms with Crippen LogP contribution >= 0.6 is 0 Å². The Morgan fingerprint density at radius 3 is 2.55 bits per heavy atom. The highest BCUT2D eigenvalue weighted by Crippen LogP contribution is 2.41. The molecule has 2 aliphatic rings. The summed E-state index contributed by atoms with van der Waals surface area (Å²) >= 11 is 0. The molecule has 2 saturated carbocycles. The van der Waals surface area contributed by atoms with E-state index in [1.807, 2.05) is 0 Å². The van der Waals surface area contributed by atoms with Crippen LogP contribution in [0.4, 0.5) is 0 Å². The third-order valence-electron chi connectivity index (χ3n) is 5.21. The van der Waals surface area contributed by atoms with E-state index in [1.165, 1.54) is 56.1 Å². The fourth-order valence-electron chi connectivity index (χ4n) is 3.72. The standard InChI is InChI=1S/C18H28N2/c1-20(17-8-3-2-4-9-17)18(13-19)16-7-5-6-15(12-16)14-10-11-14/h5-7,12,14,17-18H,2-4,8-11,13,19H2,1H3. The first kappa shape index (κ1) is 14.1. The SMILES string of the molecule is CN(C1CCCCC1)C(CN)c1cccc(C2CC2)c1. The lowest BCUT2D eigenvalue weighted by Crippen LogP contribution is -2.39. The average Bonchev–Trinajstić information content (AvgIpc) is 3.34. The van der Waals surface area contributed by atoms with Crippen LogP contribution < -0.4 is 5.73 Å². The first-order valence-corrected chi connectivity index (χ1v) is 8.31. The van der Waals surface area contributed by atoms with E-state index in [2.05, 4.69) is 36.2 Å². The van der Waals surface area contributed by atoms with E-state index < -0.39 is 0 Å². The molecule has 2 N–H and O–H groups in total. The van der Waals surface area contributed by atoms with Crippen LogP contribution in [0.3, 0.4) is 0 Å². The zero-order valence-electron chi connectivity index (χ0n) is 12.7. The average molecular weight is 272 g/mol. The van der Waals surface area contributed by atoms with Gasteiger partial charge < -0.3 is 5.73 Å². The Balaban J connectivity index is 1.75. The molecule has 0 saturated heterocycles. The third-order valence-corrected chi connectivity index (χ3v) is 5.21. The maximum absolute atomic E-state index is 6.11. The van der Waals surface area contributed by atoms with E-state index in [0.717, 1.165) is 18.5 Å². The first-order chi connectivity index (χ1) is 9.79. The lowest BCUT2D eigenvalue weighted by atomic mass is 9.92. The molecule has 0 aliphatic heterocycles. The topological polar surface area (TPSA) is 29.3 Å². The Hall–Kier alpha value is -0.860. The van der Waals surface area contributed by atoms with E-state index in [9.17, 15) is 0 Å².